The monoisotopic (exact) mass is 417 g/mol. The predicted octanol–water partition coefficient (Wildman–Crippen LogP) is 0.337. The van der Waals surface area contributed by atoms with Crippen molar-refractivity contribution in [2.45, 2.75) is 12.8 Å². The van der Waals surface area contributed by atoms with Crippen LogP contribution in [0.2, 0.25) is 0 Å². The highest BCUT2D eigenvalue weighted by Gasteiger charge is 2.42. The molecule has 2 saturated heterocycles. The number of likely N-dealkylation sites (tertiary alicyclic amines) is 1. The first-order valence-corrected chi connectivity index (χ1v) is 8.71. The third-order valence-electron chi connectivity index (χ3n) is 3.89. The van der Waals surface area contributed by atoms with Gasteiger partial charge in [-0.3, -0.25) is 4.99 Å². The Hall–Kier alpha value is -0.0900. The second-order valence-electron chi connectivity index (χ2n) is 5.58. The fourth-order valence-corrected chi connectivity index (χ4v) is 3.24. The van der Waals surface area contributed by atoms with Crippen molar-refractivity contribution in [1.82, 2.24) is 10.2 Å². The number of nitrogens with one attached hydrogen (secondary N) is 1. The van der Waals surface area contributed by atoms with E-state index in [1.165, 1.54) is 6.26 Å². The van der Waals surface area contributed by atoms with E-state index in [1.54, 1.807) is 7.05 Å². The van der Waals surface area contributed by atoms with Crippen LogP contribution >= 0.6 is 24.0 Å². The molecular formula is C12H24IN3O3S. The van der Waals surface area contributed by atoms with Crippen molar-refractivity contribution in [3.05, 3.63) is 0 Å². The van der Waals surface area contributed by atoms with Crippen LogP contribution < -0.4 is 5.32 Å². The van der Waals surface area contributed by atoms with E-state index in [0.717, 1.165) is 45.1 Å². The molecule has 0 radical (unpaired) electrons. The number of hydrogen-bond acceptors (Lipinski definition) is 4. The molecule has 0 aromatic heterocycles. The van der Waals surface area contributed by atoms with Crippen LogP contribution in [0.4, 0.5) is 0 Å². The average molecular weight is 417 g/mol. The van der Waals surface area contributed by atoms with Gasteiger partial charge in [0.15, 0.2) is 5.96 Å². The third kappa shape index (κ3) is 4.73. The maximum Gasteiger partial charge on any atom is 0.193 e. The van der Waals surface area contributed by atoms with Crippen molar-refractivity contribution in [3.8, 4) is 0 Å². The Bertz CT molecular complexity index is 447. The van der Waals surface area contributed by atoms with Crippen molar-refractivity contribution in [2.75, 3.05) is 51.9 Å². The fourth-order valence-electron chi connectivity index (χ4n) is 2.77. The van der Waals surface area contributed by atoms with Gasteiger partial charge in [-0.15, -0.1) is 24.0 Å². The van der Waals surface area contributed by atoms with Crippen molar-refractivity contribution < 1.29 is 13.2 Å². The van der Waals surface area contributed by atoms with Crippen LogP contribution in [0.5, 0.6) is 0 Å². The number of rotatable bonds is 3. The lowest BCUT2D eigenvalue weighted by Crippen LogP contribution is -2.42. The predicted molar refractivity (Wildman–Crippen MR) is 90.5 cm³/mol. The summed E-state index contributed by atoms with van der Waals surface area (Å²) in [7, 11) is -1.19. The molecule has 1 N–H and O–H groups in total. The van der Waals surface area contributed by atoms with Gasteiger partial charge < -0.3 is 15.0 Å². The zero-order chi connectivity index (χ0) is 13.9. The molecule has 2 fully saturated rings. The van der Waals surface area contributed by atoms with Crippen LogP contribution in [0, 0.1) is 5.41 Å². The van der Waals surface area contributed by atoms with Crippen LogP contribution in [0.3, 0.4) is 0 Å². The molecular weight excluding hydrogens is 393 g/mol. The zero-order valence-electron chi connectivity index (χ0n) is 12.1. The Morgan fingerprint density at radius 2 is 2.20 bits per heavy atom. The van der Waals surface area contributed by atoms with Gasteiger partial charge in [0.1, 0.15) is 9.84 Å². The summed E-state index contributed by atoms with van der Waals surface area (Å²) in [6.45, 7) is 4.01. The average Bonchev–Trinajstić information content (AvgIpc) is 2.95. The Morgan fingerprint density at radius 1 is 1.45 bits per heavy atom. The minimum Gasteiger partial charge on any atom is -0.381 e. The zero-order valence-corrected chi connectivity index (χ0v) is 15.2. The van der Waals surface area contributed by atoms with E-state index < -0.39 is 9.84 Å². The summed E-state index contributed by atoms with van der Waals surface area (Å²) >= 11 is 0. The van der Waals surface area contributed by atoms with Gasteiger partial charge in [-0.1, -0.05) is 0 Å². The molecule has 1 spiro atoms. The molecule has 2 aliphatic rings. The first kappa shape index (κ1) is 18.0. The molecule has 20 heavy (non-hydrogen) atoms. The van der Waals surface area contributed by atoms with Crippen LogP contribution in [0.1, 0.15) is 12.8 Å². The fraction of sp³-hybridized carbons (Fsp3) is 0.917. The number of nitrogens with zero attached hydrogens (tertiary/aromatic N) is 2. The van der Waals surface area contributed by atoms with E-state index in [9.17, 15) is 8.42 Å². The smallest absolute Gasteiger partial charge is 0.193 e. The maximum absolute atomic E-state index is 11.1. The van der Waals surface area contributed by atoms with Crippen molar-refractivity contribution in [3.63, 3.8) is 0 Å². The van der Waals surface area contributed by atoms with E-state index in [1.807, 2.05) is 0 Å². The Labute approximate surface area is 138 Å². The molecule has 0 bridgehead atoms. The summed E-state index contributed by atoms with van der Waals surface area (Å²) in [5, 5.41) is 3.13. The molecule has 0 saturated carbocycles. The van der Waals surface area contributed by atoms with Gasteiger partial charge in [-0.25, -0.2) is 8.42 Å². The van der Waals surface area contributed by atoms with Gasteiger partial charge in [0, 0.05) is 45.0 Å². The van der Waals surface area contributed by atoms with Crippen LogP contribution in [0.25, 0.3) is 0 Å². The standard InChI is InChI=1S/C12H23N3O3S.HI/c1-13-11(14-5-8-19(2,16)17)15-6-3-12(9-15)4-7-18-10-12;/h3-10H2,1-2H3,(H,13,14);1H. The lowest BCUT2D eigenvalue weighted by atomic mass is 9.87. The van der Waals surface area contributed by atoms with Crippen molar-refractivity contribution >= 4 is 39.8 Å². The van der Waals surface area contributed by atoms with Gasteiger partial charge in [0.25, 0.3) is 0 Å². The normalized spacial score (nSPS) is 26.9. The largest absolute Gasteiger partial charge is 0.381 e. The topological polar surface area (TPSA) is 71.0 Å². The van der Waals surface area contributed by atoms with E-state index in [0.29, 0.717) is 6.54 Å². The summed E-state index contributed by atoms with van der Waals surface area (Å²) < 4.78 is 27.7. The minimum absolute atomic E-state index is 0. The second-order valence-corrected chi connectivity index (χ2v) is 7.84. The summed E-state index contributed by atoms with van der Waals surface area (Å²) in [6, 6.07) is 0. The number of halogens is 1. The third-order valence-corrected chi connectivity index (χ3v) is 4.84. The number of hydrogen-bond donors (Lipinski definition) is 1. The number of sulfone groups is 1. The van der Waals surface area contributed by atoms with Gasteiger partial charge in [-0.2, -0.15) is 0 Å². The lowest BCUT2D eigenvalue weighted by Gasteiger charge is -2.24. The Morgan fingerprint density at radius 3 is 2.75 bits per heavy atom. The van der Waals surface area contributed by atoms with E-state index in [-0.39, 0.29) is 35.1 Å². The molecule has 2 heterocycles. The van der Waals surface area contributed by atoms with E-state index in [2.05, 4.69) is 15.2 Å². The quantitative estimate of drug-likeness (QED) is 0.408. The molecule has 2 aliphatic heterocycles. The molecule has 0 aliphatic carbocycles. The second kappa shape index (κ2) is 7.26. The van der Waals surface area contributed by atoms with Gasteiger partial charge in [0.05, 0.1) is 12.4 Å². The van der Waals surface area contributed by atoms with Gasteiger partial charge >= 0.3 is 0 Å². The number of ether oxygens (including phenoxy) is 1. The Kier molecular flexibility index (Phi) is 6.52. The summed E-state index contributed by atoms with van der Waals surface area (Å²) in [5.74, 6) is 0.932. The van der Waals surface area contributed by atoms with Crippen LogP contribution in [0.15, 0.2) is 4.99 Å². The van der Waals surface area contributed by atoms with E-state index >= 15 is 0 Å². The molecule has 0 aromatic carbocycles. The minimum atomic E-state index is -2.93. The Balaban J connectivity index is 0.00000200. The first-order valence-electron chi connectivity index (χ1n) is 6.65. The van der Waals surface area contributed by atoms with E-state index in [4.69, 9.17) is 4.74 Å². The highest BCUT2D eigenvalue weighted by atomic mass is 127. The van der Waals surface area contributed by atoms with Crippen LogP contribution in [-0.4, -0.2) is 71.2 Å². The van der Waals surface area contributed by atoms with Crippen molar-refractivity contribution in [1.29, 1.82) is 0 Å². The molecule has 0 aromatic rings. The summed E-state index contributed by atoms with van der Waals surface area (Å²) in [6.07, 6.45) is 3.49. The molecule has 6 nitrogen and oxygen atoms in total. The maximum atomic E-state index is 11.1. The number of guanidine groups is 1. The van der Waals surface area contributed by atoms with Gasteiger partial charge in [0.2, 0.25) is 0 Å². The molecule has 2 rings (SSSR count). The van der Waals surface area contributed by atoms with Crippen molar-refractivity contribution in [2.24, 2.45) is 10.4 Å². The van der Waals surface area contributed by atoms with Crippen LogP contribution in [-0.2, 0) is 14.6 Å². The summed E-state index contributed by atoms with van der Waals surface area (Å²) in [4.78, 5) is 6.45. The highest BCUT2D eigenvalue weighted by molar-refractivity contribution is 14.0. The lowest BCUT2D eigenvalue weighted by molar-refractivity contribution is 0.156. The summed E-state index contributed by atoms with van der Waals surface area (Å²) in [5.41, 5.74) is 0.286. The molecule has 8 heteroatoms. The molecule has 1 unspecified atom stereocenters. The first-order chi connectivity index (χ1) is 8.94. The molecule has 0 amide bonds. The molecule has 1 atom stereocenters. The number of aliphatic imine (C=N–C) groups is 1. The van der Waals surface area contributed by atoms with Gasteiger partial charge in [-0.05, 0) is 12.8 Å². The molecule has 118 valence electrons. The SMILES string of the molecule is CN=C(NCCS(C)(=O)=O)N1CCC2(CCOC2)C1.I. The highest BCUT2D eigenvalue weighted by Crippen LogP contribution is 2.37.